The van der Waals surface area contributed by atoms with E-state index in [2.05, 4.69) is 18.5 Å². The van der Waals surface area contributed by atoms with Gasteiger partial charge in [-0.1, -0.05) is 6.92 Å². The lowest BCUT2D eigenvalue weighted by Crippen LogP contribution is -2.31. The average molecular weight is 243 g/mol. The summed E-state index contributed by atoms with van der Waals surface area (Å²) in [6.45, 7) is 3.67. The Kier molecular flexibility index (Phi) is 6.61. The van der Waals surface area contributed by atoms with Crippen LogP contribution in [0.5, 0.6) is 0 Å². The Balaban J connectivity index is 2.34. The van der Waals surface area contributed by atoms with E-state index < -0.39 is 0 Å². The van der Waals surface area contributed by atoms with Gasteiger partial charge in [-0.3, -0.25) is 0 Å². The zero-order chi connectivity index (χ0) is 11.8. The fraction of sp³-hybridized carbons (Fsp3) is 0.667. The van der Waals surface area contributed by atoms with Crippen LogP contribution in [0.2, 0.25) is 0 Å². The highest BCUT2D eigenvalue weighted by atomic mass is 32.2. The summed E-state index contributed by atoms with van der Waals surface area (Å²) in [5.74, 6) is 2.98. The molecule has 1 atom stereocenters. The van der Waals surface area contributed by atoms with E-state index >= 15 is 0 Å². The molecule has 4 heteroatoms. The Hall–Kier alpha value is -0.450. The van der Waals surface area contributed by atoms with Gasteiger partial charge in [0, 0.05) is 13.2 Å². The molecular formula is C12H21NO2S. The van der Waals surface area contributed by atoms with Gasteiger partial charge in [-0.2, -0.15) is 11.8 Å². The quantitative estimate of drug-likeness (QED) is 0.761. The Morgan fingerprint density at radius 1 is 1.44 bits per heavy atom. The molecule has 1 N–H and O–H groups in total. The molecule has 0 bridgehead atoms. The summed E-state index contributed by atoms with van der Waals surface area (Å²) in [6, 6.07) is 4.49. The molecule has 1 unspecified atom stereocenters. The van der Waals surface area contributed by atoms with Crippen LogP contribution in [-0.2, 0) is 17.0 Å². The van der Waals surface area contributed by atoms with Gasteiger partial charge >= 0.3 is 0 Å². The topological polar surface area (TPSA) is 34.4 Å². The molecule has 0 aromatic carbocycles. The van der Waals surface area contributed by atoms with Crippen LogP contribution >= 0.6 is 11.8 Å². The van der Waals surface area contributed by atoms with Crippen molar-refractivity contribution in [2.45, 2.75) is 31.7 Å². The van der Waals surface area contributed by atoms with Crippen molar-refractivity contribution < 1.29 is 9.15 Å². The van der Waals surface area contributed by atoms with Crippen molar-refractivity contribution in [3.8, 4) is 0 Å². The molecule has 1 aromatic heterocycles. The summed E-state index contributed by atoms with van der Waals surface area (Å²) in [5, 5.41) is 3.42. The summed E-state index contributed by atoms with van der Waals surface area (Å²) in [4.78, 5) is 0. The van der Waals surface area contributed by atoms with Crippen LogP contribution in [0.1, 0.15) is 24.9 Å². The number of ether oxygens (including phenoxy) is 1. The van der Waals surface area contributed by atoms with E-state index in [-0.39, 0.29) is 0 Å². The summed E-state index contributed by atoms with van der Waals surface area (Å²) in [6.07, 6.45) is 3.14. The maximum absolute atomic E-state index is 5.67. The Labute approximate surface area is 102 Å². The predicted molar refractivity (Wildman–Crippen MR) is 68.7 cm³/mol. The molecule has 1 aromatic rings. The van der Waals surface area contributed by atoms with Crippen LogP contribution in [0.4, 0.5) is 0 Å². The number of furan rings is 1. The van der Waals surface area contributed by atoms with Crippen molar-refractivity contribution in [3.63, 3.8) is 0 Å². The molecule has 16 heavy (non-hydrogen) atoms. The molecule has 0 spiro atoms. The number of thioether (sulfide) groups is 1. The highest BCUT2D eigenvalue weighted by molar-refractivity contribution is 7.97. The third-order valence-corrected chi connectivity index (χ3v) is 3.00. The maximum atomic E-state index is 5.67. The van der Waals surface area contributed by atoms with Crippen molar-refractivity contribution in [1.82, 2.24) is 5.32 Å². The molecule has 3 nitrogen and oxygen atoms in total. The second-order valence-corrected chi connectivity index (χ2v) is 4.61. The molecule has 0 saturated carbocycles. The van der Waals surface area contributed by atoms with Crippen LogP contribution in [-0.4, -0.2) is 26.0 Å². The molecular weight excluding hydrogens is 222 g/mol. The van der Waals surface area contributed by atoms with E-state index in [0.29, 0.717) is 6.04 Å². The van der Waals surface area contributed by atoms with Crippen LogP contribution < -0.4 is 5.32 Å². The van der Waals surface area contributed by atoms with Crippen LogP contribution in [0, 0.1) is 0 Å². The lowest BCUT2D eigenvalue weighted by Gasteiger charge is -2.14. The maximum Gasteiger partial charge on any atom is 0.118 e. The predicted octanol–water partition coefficient (Wildman–Crippen LogP) is 2.66. The van der Waals surface area contributed by atoms with Crippen molar-refractivity contribution >= 4 is 11.8 Å². The van der Waals surface area contributed by atoms with Gasteiger partial charge in [0.2, 0.25) is 0 Å². The summed E-state index contributed by atoms with van der Waals surface area (Å²) in [5.41, 5.74) is 0. The smallest absolute Gasteiger partial charge is 0.118 e. The zero-order valence-electron chi connectivity index (χ0n) is 10.3. The van der Waals surface area contributed by atoms with E-state index in [1.165, 1.54) is 0 Å². The Bertz CT molecular complexity index is 288. The van der Waals surface area contributed by atoms with E-state index in [9.17, 15) is 0 Å². The summed E-state index contributed by atoms with van der Waals surface area (Å²) < 4.78 is 10.8. The van der Waals surface area contributed by atoms with Crippen LogP contribution in [0.25, 0.3) is 0 Å². The van der Waals surface area contributed by atoms with Crippen LogP contribution in [0.3, 0.4) is 0 Å². The average Bonchev–Trinajstić information content (AvgIpc) is 2.72. The second kappa shape index (κ2) is 7.76. The Morgan fingerprint density at radius 3 is 2.81 bits per heavy atom. The monoisotopic (exact) mass is 243 g/mol. The lowest BCUT2D eigenvalue weighted by molar-refractivity contribution is 0.162. The molecule has 1 rings (SSSR count). The third kappa shape index (κ3) is 4.60. The van der Waals surface area contributed by atoms with Crippen molar-refractivity contribution in [2.75, 3.05) is 20.0 Å². The van der Waals surface area contributed by atoms with E-state index in [4.69, 9.17) is 9.15 Å². The number of rotatable bonds is 8. The first-order valence-corrected chi connectivity index (χ1v) is 6.98. The molecule has 1 heterocycles. The van der Waals surface area contributed by atoms with Gasteiger partial charge in [0.25, 0.3) is 0 Å². The van der Waals surface area contributed by atoms with Gasteiger partial charge in [-0.15, -0.1) is 0 Å². The second-order valence-electron chi connectivity index (χ2n) is 3.74. The summed E-state index contributed by atoms with van der Waals surface area (Å²) in [7, 11) is 1.73. The SMILES string of the molecule is CCC(COC)NCc1ccc(CSC)o1. The van der Waals surface area contributed by atoms with Gasteiger partial charge in [-0.25, -0.2) is 0 Å². The van der Waals surface area contributed by atoms with Gasteiger partial charge in [0.05, 0.1) is 18.9 Å². The van der Waals surface area contributed by atoms with E-state index in [1.54, 1.807) is 18.9 Å². The first-order chi connectivity index (χ1) is 7.80. The molecule has 92 valence electrons. The van der Waals surface area contributed by atoms with Crippen LogP contribution in [0.15, 0.2) is 16.5 Å². The fourth-order valence-electron chi connectivity index (χ4n) is 1.50. The number of methoxy groups -OCH3 is 1. The highest BCUT2D eigenvalue weighted by Crippen LogP contribution is 2.13. The van der Waals surface area contributed by atoms with Crippen molar-refractivity contribution in [3.05, 3.63) is 23.7 Å². The third-order valence-electron chi connectivity index (χ3n) is 2.43. The molecule has 0 aliphatic rings. The normalized spacial score (nSPS) is 12.9. The molecule has 0 amide bonds. The van der Waals surface area contributed by atoms with Crippen molar-refractivity contribution in [1.29, 1.82) is 0 Å². The minimum atomic E-state index is 0.402. The standard InChI is InChI=1S/C12H21NO2S/c1-4-10(8-14-2)13-7-11-5-6-12(15-11)9-16-3/h5-6,10,13H,4,7-9H2,1-3H3. The number of nitrogens with one attached hydrogen (secondary N) is 1. The largest absolute Gasteiger partial charge is 0.464 e. The zero-order valence-corrected chi connectivity index (χ0v) is 11.1. The minimum absolute atomic E-state index is 0.402. The first-order valence-electron chi connectivity index (χ1n) is 5.59. The first kappa shape index (κ1) is 13.6. The fourth-order valence-corrected chi connectivity index (χ4v) is 1.94. The molecule has 0 aliphatic heterocycles. The van der Waals surface area contributed by atoms with E-state index in [1.807, 2.05) is 12.1 Å². The van der Waals surface area contributed by atoms with Gasteiger partial charge in [0.15, 0.2) is 0 Å². The molecule has 0 radical (unpaired) electrons. The van der Waals surface area contributed by atoms with Gasteiger partial charge in [0.1, 0.15) is 11.5 Å². The highest BCUT2D eigenvalue weighted by Gasteiger charge is 2.06. The summed E-state index contributed by atoms with van der Waals surface area (Å²) >= 11 is 1.77. The lowest BCUT2D eigenvalue weighted by atomic mass is 10.2. The van der Waals surface area contributed by atoms with E-state index in [0.717, 1.165) is 36.8 Å². The number of hydrogen-bond donors (Lipinski definition) is 1. The minimum Gasteiger partial charge on any atom is -0.464 e. The van der Waals surface area contributed by atoms with Gasteiger partial charge < -0.3 is 14.5 Å². The number of hydrogen-bond acceptors (Lipinski definition) is 4. The van der Waals surface area contributed by atoms with Gasteiger partial charge in [-0.05, 0) is 24.8 Å². The molecule has 0 fully saturated rings. The molecule has 0 saturated heterocycles. The Morgan fingerprint density at radius 2 is 2.19 bits per heavy atom. The van der Waals surface area contributed by atoms with Crippen molar-refractivity contribution in [2.24, 2.45) is 0 Å². The molecule has 0 aliphatic carbocycles.